The molecule has 4 rings (SSSR count). The van der Waals surface area contributed by atoms with E-state index in [-0.39, 0.29) is 23.5 Å². The SMILES string of the molecule is COc1ccccc1C(=O)N1CCNC(=O)[C@@H](Cc2cccc(-c3ccc(F)cc3)c2)C1. The Kier molecular flexibility index (Phi) is 6.50. The van der Waals surface area contributed by atoms with Crippen LogP contribution in [0, 0.1) is 11.7 Å². The molecule has 0 radical (unpaired) electrons. The van der Waals surface area contributed by atoms with Gasteiger partial charge in [-0.25, -0.2) is 4.39 Å². The molecule has 1 heterocycles. The lowest BCUT2D eigenvalue weighted by Gasteiger charge is -2.24. The molecule has 164 valence electrons. The second-order valence-corrected chi connectivity index (χ2v) is 7.85. The first-order valence-corrected chi connectivity index (χ1v) is 10.6. The van der Waals surface area contributed by atoms with E-state index in [2.05, 4.69) is 5.32 Å². The number of ether oxygens (including phenoxy) is 1. The number of rotatable bonds is 5. The fourth-order valence-electron chi connectivity index (χ4n) is 4.04. The van der Waals surface area contributed by atoms with Crippen molar-refractivity contribution in [3.8, 4) is 16.9 Å². The van der Waals surface area contributed by atoms with Gasteiger partial charge in [-0.1, -0.05) is 48.5 Å². The molecule has 3 aromatic rings. The number of carbonyl (C=O) groups is 2. The van der Waals surface area contributed by atoms with Crippen molar-refractivity contribution in [3.05, 3.63) is 89.7 Å². The number of carbonyl (C=O) groups excluding carboxylic acids is 2. The number of hydrogen-bond acceptors (Lipinski definition) is 3. The van der Waals surface area contributed by atoms with Crippen molar-refractivity contribution in [1.29, 1.82) is 0 Å². The third-order valence-corrected chi connectivity index (χ3v) is 5.70. The van der Waals surface area contributed by atoms with Gasteiger partial charge in [0.1, 0.15) is 11.6 Å². The van der Waals surface area contributed by atoms with Gasteiger partial charge in [0, 0.05) is 19.6 Å². The Hall–Kier alpha value is -3.67. The summed E-state index contributed by atoms with van der Waals surface area (Å²) in [6.45, 7) is 1.17. The molecule has 2 amide bonds. The third-order valence-electron chi connectivity index (χ3n) is 5.70. The summed E-state index contributed by atoms with van der Waals surface area (Å²) < 4.78 is 18.6. The zero-order valence-corrected chi connectivity index (χ0v) is 17.9. The zero-order valence-electron chi connectivity index (χ0n) is 17.9. The van der Waals surface area contributed by atoms with Crippen LogP contribution < -0.4 is 10.1 Å². The average molecular weight is 432 g/mol. The fourth-order valence-corrected chi connectivity index (χ4v) is 4.04. The maximum atomic E-state index is 13.3. The van der Waals surface area contributed by atoms with Crippen LogP contribution in [-0.4, -0.2) is 43.5 Å². The highest BCUT2D eigenvalue weighted by Crippen LogP contribution is 2.24. The summed E-state index contributed by atoms with van der Waals surface area (Å²) in [5.41, 5.74) is 3.34. The molecule has 1 aliphatic rings. The molecular weight excluding hydrogens is 407 g/mol. The standard InChI is InChI=1S/C26H25FN2O3/c1-32-24-8-3-2-7-23(24)26(31)29-14-13-28-25(30)21(17-29)16-18-5-4-6-20(15-18)19-9-11-22(27)12-10-19/h2-12,15,21H,13-14,16-17H2,1H3,(H,28,30)/t21-/m0/s1. The molecule has 0 spiro atoms. The van der Waals surface area contributed by atoms with E-state index in [1.165, 1.54) is 19.2 Å². The second-order valence-electron chi connectivity index (χ2n) is 7.85. The van der Waals surface area contributed by atoms with Crippen molar-refractivity contribution >= 4 is 11.8 Å². The van der Waals surface area contributed by atoms with Crippen LogP contribution in [0.15, 0.2) is 72.8 Å². The van der Waals surface area contributed by atoms with E-state index < -0.39 is 0 Å². The van der Waals surface area contributed by atoms with E-state index in [9.17, 15) is 14.0 Å². The Morgan fingerprint density at radius 2 is 1.84 bits per heavy atom. The molecule has 1 N–H and O–H groups in total. The molecule has 0 unspecified atom stereocenters. The Balaban J connectivity index is 1.54. The predicted molar refractivity (Wildman–Crippen MR) is 121 cm³/mol. The first-order chi connectivity index (χ1) is 15.5. The number of nitrogens with one attached hydrogen (secondary N) is 1. The quantitative estimate of drug-likeness (QED) is 0.665. The van der Waals surface area contributed by atoms with Crippen LogP contribution in [0.2, 0.25) is 0 Å². The molecule has 0 aromatic heterocycles. The lowest BCUT2D eigenvalue weighted by atomic mass is 9.95. The molecule has 0 saturated carbocycles. The summed E-state index contributed by atoms with van der Waals surface area (Å²) in [5.74, 6) is -0.347. The molecule has 3 aromatic carbocycles. The topological polar surface area (TPSA) is 58.6 Å². The van der Waals surface area contributed by atoms with E-state index in [4.69, 9.17) is 4.74 Å². The number of halogens is 1. The monoisotopic (exact) mass is 432 g/mol. The van der Waals surface area contributed by atoms with Crippen LogP contribution >= 0.6 is 0 Å². The zero-order chi connectivity index (χ0) is 22.5. The summed E-state index contributed by atoms with van der Waals surface area (Å²) in [6.07, 6.45) is 0.497. The first-order valence-electron chi connectivity index (χ1n) is 10.6. The van der Waals surface area contributed by atoms with E-state index >= 15 is 0 Å². The third kappa shape index (κ3) is 4.80. The Labute approximate surface area is 186 Å². The smallest absolute Gasteiger partial charge is 0.257 e. The van der Waals surface area contributed by atoms with Crippen LogP contribution in [0.3, 0.4) is 0 Å². The minimum atomic E-state index is -0.375. The minimum absolute atomic E-state index is 0.0625. The number of hydrogen-bond donors (Lipinski definition) is 1. The van der Waals surface area contributed by atoms with Gasteiger partial charge in [-0.05, 0) is 47.4 Å². The summed E-state index contributed by atoms with van der Waals surface area (Å²) in [6, 6.07) is 21.3. The number of nitrogens with zero attached hydrogens (tertiary/aromatic N) is 1. The van der Waals surface area contributed by atoms with E-state index in [1.807, 2.05) is 30.3 Å². The molecule has 1 fully saturated rings. The van der Waals surface area contributed by atoms with Crippen molar-refractivity contribution in [1.82, 2.24) is 10.2 Å². The van der Waals surface area contributed by atoms with Crippen LogP contribution in [0.1, 0.15) is 15.9 Å². The number of para-hydroxylation sites is 1. The van der Waals surface area contributed by atoms with Crippen LogP contribution in [0.5, 0.6) is 5.75 Å². The van der Waals surface area contributed by atoms with Crippen molar-refractivity contribution < 1.29 is 18.7 Å². The predicted octanol–water partition coefficient (Wildman–Crippen LogP) is 3.93. The summed E-state index contributed by atoms with van der Waals surface area (Å²) in [5, 5.41) is 2.93. The van der Waals surface area contributed by atoms with Gasteiger partial charge >= 0.3 is 0 Å². The number of benzene rings is 3. The fraction of sp³-hybridized carbons (Fsp3) is 0.231. The highest BCUT2D eigenvalue weighted by Gasteiger charge is 2.29. The summed E-state index contributed by atoms with van der Waals surface area (Å²) in [7, 11) is 1.54. The van der Waals surface area contributed by atoms with Crippen molar-refractivity contribution in [2.45, 2.75) is 6.42 Å². The van der Waals surface area contributed by atoms with Gasteiger partial charge in [-0.15, -0.1) is 0 Å². The largest absolute Gasteiger partial charge is 0.496 e. The normalized spacial score (nSPS) is 16.2. The van der Waals surface area contributed by atoms with Crippen molar-refractivity contribution in [2.24, 2.45) is 5.92 Å². The molecular formula is C26H25FN2O3. The Bertz CT molecular complexity index is 1110. The second kappa shape index (κ2) is 9.64. The van der Waals surface area contributed by atoms with Gasteiger partial charge in [-0.2, -0.15) is 0 Å². The Morgan fingerprint density at radius 3 is 2.62 bits per heavy atom. The van der Waals surface area contributed by atoms with E-state index in [1.54, 1.807) is 35.2 Å². The summed E-state index contributed by atoms with van der Waals surface area (Å²) >= 11 is 0. The van der Waals surface area contributed by atoms with Gasteiger partial charge < -0.3 is 15.0 Å². The van der Waals surface area contributed by atoms with Crippen LogP contribution in [0.25, 0.3) is 11.1 Å². The van der Waals surface area contributed by atoms with Crippen molar-refractivity contribution in [2.75, 3.05) is 26.7 Å². The molecule has 1 atom stereocenters. The maximum absolute atomic E-state index is 13.3. The van der Waals surface area contributed by atoms with Gasteiger partial charge in [0.05, 0.1) is 18.6 Å². The number of methoxy groups -OCH3 is 1. The van der Waals surface area contributed by atoms with Crippen molar-refractivity contribution in [3.63, 3.8) is 0 Å². The van der Waals surface area contributed by atoms with E-state index in [0.29, 0.717) is 37.4 Å². The highest BCUT2D eigenvalue weighted by atomic mass is 19.1. The lowest BCUT2D eigenvalue weighted by Crippen LogP contribution is -2.37. The molecule has 0 aliphatic carbocycles. The van der Waals surface area contributed by atoms with Gasteiger partial charge in [0.25, 0.3) is 5.91 Å². The highest BCUT2D eigenvalue weighted by molar-refractivity contribution is 5.97. The van der Waals surface area contributed by atoms with Gasteiger partial charge in [-0.3, -0.25) is 9.59 Å². The van der Waals surface area contributed by atoms with Gasteiger partial charge in [0.2, 0.25) is 5.91 Å². The van der Waals surface area contributed by atoms with E-state index in [0.717, 1.165) is 16.7 Å². The molecule has 6 heteroatoms. The molecule has 5 nitrogen and oxygen atoms in total. The summed E-state index contributed by atoms with van der Waals surface area (Å²) in [4.78, 5) is 27.6. The molecule has 32 heavy (non-hydrogen) atoms. The van der Waals surface area contributed by atoms with Gasteiger partial charge in [0.15, 0.2) is 0 Å². The van der Waals surface area contributed by atoms with Crippen LogP contribution in [-0.2, 0) is 11.2 Å². The lowest BCUT2D eigenvalue weighted by molar-refractivity contribution is -0.124. The molecule has 1 saturated heterocycles. The first kappa shape index (κ1) is 21.6. The molecule has 1 aliphatic heterocycles. The average Bonchev–Trinajstić information content (AvgIpc) is 3.00. The number of amides is 2. The Morgan fingerprint density at radius 1 is 1.06 bits per heavy atom. The molecule has 0 bridgehead atoms. The minimum Gasteiger partial charge on any atom is -0.496 e. The maximum Gasteiger partial charge on any atom is 0.257 e. The van der Waals surface area contributed by atoms with Crippen LogP contribution in [0.4, 0.5) is 4.39 Å².